The number of carbonyl (C=O) groups is 1. The number of nitrogens with one attached hydrogen (secondary N) is 1. The third-order valence-electron chi connectivity index (χ3n) is 4.66. The van der Waals surface area contributed by atoms with Crippen LogP contribution in [-0.2, 0) is 14.8 Å². The maximum atomic E-state index is 13.0. The summed E-state index contributed by atoms with van der Waals surface area (Å²) in [5, 5.41) is 3.00. The summed E-state index contributed by atoms with van der Waals surface area (Å²) >= 11 is 3.37. The van der Waals surface area contributed by atoms with E-state index in [9.17, 15) is 13.2 Å². The Kier molecular flexibility index (Phi) is 6.95. The molecule has 0 radical (unpaired) electrons. The summed E-state index contributed by atoms with van der Waals surface area (Å²) in [5.41, 5.74) is 3.38. The first-order chi connectivity index (χ1) is 14.3. The molecule has 0 bridgehead atoms. The van der Waals surface area contributed by atoms with E-state index in [4.69, 9.17) is 0 Å². The lowest BCUT2D eigenvalue weighted by Crippen LogP contribution is -2.42. The van der Waals surface area contributed by atoms with Gasteiger partial charge in [0.05, 0.1) is 18.0 Å². The zero-order valence-corrected chi connectivity index (χ0v) is 19.2. The lowest BCUT2D eigenvalue weighted by Gasteiger charge is -2.25. The van der Waals surface area contributed by atoms with Crippen molar-refractivity contribution in [3.05, 3.63) is 100 Å². The van der Waals surface area contributed by atoms with Crippen LogP contribution in [0.25, 0.3) is 0 Å². The van der Waals surface area contributed by atoms with E-state index in [1.807, 2.05) is 61.5 Å². The zero-order valence-electron chi connectivity index (χ0n) is 16.7. The van der Waals surface area contributed by atoms with Gasteiger partial charge in [-0.25, -0.2) is 8.42 Å². The van der Waals surface area contributed by atoms with Gasteiger partial charge >= 0.3 is 0 Å². The highest BCUT2D eigenvalue weighted by molar-refractivity contribution is 9.10. The van der Waals surface area contributed by atoms with E-state index >= 15 is 0 Å². The van der Waals surface area contributed by atoms with Gasteiger partial charge in [-0.2, -0.15) is 0 Å². The second-order valence-electron chi connectivity index (χ2n) is 7.04. The van der Waals surface area contributed by atoms with Crippen molar-refractivity contribution in [3.8, 4) is 0 Å². The number of hydrogen-bond acceptors (Lipinski definition) is 3. The SMILES string of the molecule is Cc1ccc([C@H](NC(=O)CN(c2ccccc2Br)S(C)(=O)=O)c2ccccc2)cc1. The number of carbonyl (C=O) groups excluding carboxylic acids is 1. The van der Waals surface area contributed by atoms with E-state index in [0.29, 0.717) is 10.2 Å². The minimum Gasteiger partial charge on any atom is -0.344 e. The first kappa shape index (κ1) is 22.1. The Morgan fingerprint density at radius 2 is 1.50 bits per heavy atom. The molecule has 0 heterocycles. The molecule has 0 aliphatic rings. The van der Waals surface area contributed by atoms with Crippen molar-refractivity contribution in [1.82, 2.24) is 5.32 Å². The normalized spacial score (nSPS) is 12.2. The highest BCUT2D eigenvalue weighted by atomic mass is 79.9. The molecule has 1 N–H and O–H groups in total. The second kappa shape index (κ2) is 9.45. The summed E-state index contributed by atoms with van der Waals surface area (Å²) in [6, 6.07) is 24.0. The molecule has 30 heavy (non-hydrogen) atoms. The van der Waals surface area contributed by atoms with E-state index in [1.165, 1.54) is 0 Å². The lowest BCUT2D eigenvalue weighted by atomic mass is 9.98. The molecule has 3 aromatic rings. The summed E-state index contributed by atoms with van der Waals surface area (Å²) in [5.74, 6) is -0.398. The number of anilines is 1. The largest absolute Gasteiger partial charge is 0.344 e. The van der Waals surface area contributed by atoms with Crippen molar-refractivity contribution >= 4 is 37.5 Å². The van der Waals surface area contributed by atoms with E-state index < -0.39 is 15.9 Å². The Morgan fingerprint density at radius 1 is 0.933 bits per heavy atom. The fraction of sp³-hybridized carbons (Fsp3) is 0.174. The Labute approximate surface area is 185 Å². The first-order valence-corrected chi connectivity index (χ1v) is 12.0. The van der Waals surface area contributed by atoms with Crippen molar-refractivity contribution in [2.75, 3.05) is 17.1 Å². The van der Waals surface area contributed by atoms with Crippen LogP contribution in [0.3, 0.4) is 0 Å². The van der Waals surface area contributed by atoms with E-state index in [0.717, 1.165) is 27.3 Å². The van der Waals surface area contributed by atoms with Gasteiger partial charge in [-0.3, -0.25) is 9.10 Å². The van der Waals surface area contributed by atoms with Gasteiger partial charge in [0.15, 0.2) is 0 Å². The van der Waals surface area contributed by atoms with Crippen molar-refractivity contribution in [3.63, 3.8) is 0 Å². The highest BCUT2D eigenvalue weighted by Crippen LogP contribution is 2.28. The second-order valence-corrected chi connectivity index (χ2v) is 9.80. The summed E-state index contributed by atoms with van der Waals surface area (Å²) in [7, 11) is -3.66. The molecule has 0 aliphatic heterocycles. The van der Waals surface area contributed by atoms with Crippen LogP contribution in [0.2, 0.25) is 0 Å². The van der Waals surface area contributed by atoms with Crippen LogP contribution in [0, 0.1) is 6.92 Å². The van der Waals surface area contributed by atoms with Gasteiger partial charge < -0.3 is 5.32 Å². The smallest absolute Gasteiger partial charge is 0.241 e. The number of rotatable bonds is 7. The zero-order chi connectivity index (χ0) is 21.7. The van der Waals surface area contributed by atoms with Gasteiger partial charge in [0, 0.05) is 4.47 Å². The van der Waals surface area contributed by atoms with E-state index in [1.54, 1.807) is 24.3 Å². The van der Waals surface area contributed by atoms with E-state index in [-0.39, 0.29) is 12.6 Å². The average molecular weight is 487 g/mol. The fourth-order valence-electron chi connectivity index (χ4n) is 3.14. The monoisotopic (exact) mass is 486 g/mol. The topological polar surface area (TPSA) is 66.5 Å². The van der Waals surface area contributed by atoms with Crippen LogP contribution in [0.15, 0.2) is 83.3 Å². The summed E-state index contributed by atoms with van der Waals surface area (Å²) in [6.07, 6.45) is 1.09. The Morgan fingerprint density at radius 3 is 2.10 bits per heavy atom. The van der Waals surface area contributed by atoms with E-state index in [2.05, 4.69) is 21.2 Å². The van der Waals surface area contributed by atoms with Crippen molar-refractivity contribution < 1.29 is 13.2 Å². The molecule has 0 aliphatic carbocycles. The number of amides is 1. The fourth-order valence-corrected chi connectivity index (χ4v) is 4.62. The molecule has 0 saturated heterocycles. The molecule has 156 valence electrons. The third-order valence-corrected chi connectivity index (χ3v) is 6.45. The van der Waals surface area contributed by atoms with Gasteiger partial charge in [-0.1, -0.05) is 72.3 Å². The van der Waals surface area contributed by atoms with Crippen molar-refractivity contribution in [1.29, 1.82) is 0 Å². The minimum absolute atomic E-state index is 0.323. The Hall–Kier alpha value is -2.64. The Bertz CT molecular complexity index is 1120. The first-order valence-electron chi connectivity index (χ1n) is 9.39. The molecule has 3 aromatic carbocycles. The average Bonchev–Trinajstić information content (AvgIpc) is 2.71. The van der Waals surface area contributed by atoms with Gasteiger partial charge in [-0.15, -0.1) is 0 Å². The lowest BCUT2D eigenvalue weighted by molar-refractivity contribution is -0.120. The molecule has 0 fully saturated rings. The van der Waals surface area contributed by atoms with Crippen LogP contribution >= 0.6 is 15.9 Å². The molecule has 7 heteroatoms. The number of nitrogens with zero attached hydrogens (tertiary/aromatic N) is 1. The maximum absolute atomic E-state index is 13.0. The van der Waals surface area contributed by atoms with Gasteiger partial charge in [0.25, 0.3) is 0 Å². The molecule has 0 aromatic heterocycles. The number of sulfonamides is 1. The summed E-state index contributed by atoms with van der Waals surface area (Å²) in [4.78, 5) is 13.0. The van der Waals surface area contributed by atoms with Crippen LogP contribution in [0.5, 0.6) is 0 Å². The molecule has 1 atom stereocenters. The molecule has 1 amide bonds. The third kappa shape index (κ3) is 5.49. The van der Waals surface area contributed by atoms with Crippen molar-refractivity contribution in [2.45, 2.75) is 13.0 Å². The molecule has 5 nitrogen and oxygen atoms in total. The highest BCUT2D eigenvalue weighted by Gasteiger charge is 2.25. The van der Waals surface area contributed by atoms with Crippen LogP contribution < -0.4 is 9.62 Å². The molecule has 0 saturated carbocycles. The number of benzene rings is 3. The number of halogens is 1. The Balaban J connectivity index is 1.89. The summed E-state index contributed by atoms with van der Waals surface area (Å²) in [6.45, 7) is 1.68. The van der Waals surface area contributed by atoms with Crippen LogP contribution in [0.4, 0.5) is 5.69 Å². The number of para-hydroxylation sites is 1. The maximum Gasteiger partial charge on any atom is 0.241 e. The van der Waals surface area contributed by atoms with Crippen LogP contribution in [-0.4, -0.2) is 27.1 Å². The summed E-state index contributed by atoms with van der Waals surface area (Å²) < 4.78 is 26.5. The van der Waals surface area contributed by atoms with Gasteiger partial charge in [0.2, 0.25) is 15.9 Å². The molecule has 0 spiro atoms. The number of aryl methyl sites for hydroxylation is 1. The van der Waals surface area contributed by atoms with Gasteiger partial charge in [0.1, 0.15) is 6.54 Å². The molecule has 0 unspecified atom stereocenters. The standard InChI is InChI=1S/C23H23BrN2O3S/c1-17-12-14-19(15-13-17)23(18-8-4-3-5-9-18)25-22(27)16-26(30(2,28)29)21-11-7-6-10-20(21)24/h3-15,23H,16H2,1-2H3,(H,25,27)/t23-/m1/s1. The van der Waals surface area contributed by atoms with Crippen molar-refractivity contribution in [2.24, 2.45) is 0 Å². The molecular formula is C23H23BrN2O3S. The molecular weight excluding hydrogens is 464 g/mol. The predicted molar refractivity (Wildman–Crippen MR) is 124 cm³/mol. The van der Waals surface area contributed by atoms with Gasteiger partial charge in [-0.05, 0) is 46.1 Å². The quantitative estimate of drug-likeness (QED) is 0.536. The molecule has 3 rings (SSSR count). The predicted octanol–water partition coefficient (Wildman–Crippen LogP) is 4.43. The number of hydrogen-bond donors (Lipinski definition) is 1. The minimum atomic E-state index is -3.66. The van der Waals surface area contributed by atoms with Crippen LogP contribution in [0.1, 0.15) is 22.7 Å².